The topological polar surface area (TPSA) is 138 Å². The van der Waals surface area contributed by atoms with Gasteiger partial charge in [0.1, 0.15) is 12.1 Å². The minimum atomic E-state index is -3.74. The second-order valence-corrected chi connectivity index (χ2v) is 10.9. The molecule has 12 nitrogen and oxygen atoms in total. The van der Waals surface area contributed by atoms with Crippen molar-refractivity contribution in [3.63, 3.8) is 0 Å². The van der Waals surface area contributed by atoms with Gasteiger partial charge in [0.2, 0.25) is 17.7 Å². The van der Waals surface area contributed by atoms with Gasteiger partial charge in [0.15, 0.2) is 33.0 Å². The number of halogens is 1. The summed E-state index contributed by atoms with van der Waals surface area (Å²) in [5.74, 6) is 0.208. The quantitative estimate of drug-likeness (QED) is 0.325. The number of nitrogens with zero attached hydrogens (tertiary/aromatic N) is 8. The van der Waals surface area contributed by atoms with Crippen molar-refractivity contribution in [2.24, 2.45) is 0 Å². The van der Waals surface area contributed by atoms with Gasteiger partial charge in [0, 0.05) is 18.7 Å². The lowest BCUT2D eigenvalue weighted by atomic mass is 10.1. The molecule has 1 saturated heterocycles. The first kappa shape index (κ1) is 25.4. The highest BCUT2D eigenvalue weighted by Gasteiger charge is 2.34. The van der Waals surface area contributed by atoms with Crippen molar-refractivity contribution >= 4 is 15.8 Å². The van der Waals surface area contributed by atoms with Crippen LogP contribution in [-0.4, -0.2) is 75.7 Å². The summed E-state index contributed by atoms with van der Waals surface area (Å²) in [5, 5.41) is 7.89. The predicted octanol–water partition coefficient (Wildman–Crippen LogP) is 2.25. The largest absolute Gasteiger partial charge is 0.479 e. The number of aromatic nitrogens is 7. The van der Waals surface area contributed by atoms with E-state index in [4.69, 9.17) is 9.47 Å². The molecule has 38 heavy (non-hydrogen) atoms. The zero-order valence-corrected chi connectivity index (χ0v) is 21.5. The molecule has 1 aliphatic rings. The lowest BCUT2D eigenvalue weighted by Gasteiger charge is -2.32. The SMILES string of the molecule is COc1ncnc(OC)c1-n1c(CS(=O)(=O)[C@@H]2CCCN(c3ncc(F)cn3)C2)nnc1-c1ccccc1. The smallest absolute Gasteiger partial charge is 0.245 e. The van der Waals surface area contributed by atoms with Crippen LogP contribution in [0.5, 0.6) is 11.8 Å². The first-order valence-corrected chi connectivity index (χ1v) is 13.5. The minimum absolute atomic E-state index is 0.158. The third-order valence-corrected chi connectivity index (χ3v) is 8.29. The predicted molar refractivity (Wildman–Crippen MR) is 135 cm³/mol. The van der Waals surface area contributed by atoms with Gasteiger partial charge in [-0.2, -0.15) is 9.97 Å². The number of piperidine rings is 1. The molecule has 0 radical (unpaired) electrons. The summed E-state index contributed by atoms with van der Waals surface area (Å²) in [6.07, 6.45) is 4.49. The van der Waals surface area contributed by atoms with Crippen molar-refractivity contribution in [1.29, 1.82) is 0 Å². The Hall–Kier alpha value is -4.20. The zero-order valence-electron chi connectivity index (χ0n) is 20.7. The maximum atomic E-state index is 13.7. The number of rotatable bonds is 8. The molecule has 14 heteroatoms. The summed E-state index contributed by atoms with van der Waals surface area (Å²) in [5.41, 5.74) is 0.991. The molecule has 0 saturated carbocycles. The molecule has 1 aliphatic heterocycles. The first-order chi connectivity index (χ1) is 18.4. The maximum absolute atomic E-state index is 13.7. The number of ether oxygens (including phenoxy) is 2. The minimum Gasteiger partial charge on any atom is -0.479 e. The van der Waals surface area contributed by atoms with Crippen LogP contribution in [0, 0.1) is 5.82 Å². The third-order valence-electron chi connectivity index (χ3n) is 6.23. The van der Waals surface area contributed by atoms with Crippen LogP contribution >= 0.6 is 0 Å². The Morgan fingerprint density at radius 2 is 1.68 bits per heavy atom. The molecule has 198 valence electrons. The van der Waals surface area contributed by atoms with Crippen LogP contribution in [0.1, 0.15) is 18.7 Å². The Morgan fingerprint density at radius 1 is 1.00 bits per heavy atom. The number of hydrogen-bond acceptors (Lipinski definition) is 11. The molecule has 5 rings (SSSR count). The van der Waals surface area contributed by atoms with E-state index >= 15 is 0 Å². The molecule has 1 aromatic carbocycles. The van der Waals surface area contributed by atoms with Gasteiger partial charge in [-0.25, -0.2) is 22.8 Å². The second-order valence-electron chi connectivity index (χ2n) is 8.60. The number of benzene rings is 1. The Balaban J connectivity index is 1.54. The van der Waals surface area contributed by atoms with Crippen molar-refractivity contribution in [2.45, 2.75) is 23.8 Å². The molecule has 0 unspecified atom stereocenters. The molecule has 0 amide bonds. The van der Waals surface area contributed by atoms with E-state index in [0.717, 1.165) is 12.4 Å². The van der Waals surface area contributed by atoms with Crippen LogP contribution in [0.4, 0.5) is 10.3 Å². The summed E-state index contributed by atoms with van der Waals surface area (Å²) in [7, 11) is -0.847. The fourth-order valence-corrected chi connectivity index (χ4v) is 6.15. The van der Waals surface area contributed by atoms with E-state index in [2.05, 4.69) is 30.1 Å². The molecule has 0 aliphatic carbocycles. The average Bonchev–Trinajstić information content (AvgIpc) is 3.35. The van der Waals surface area contributed by atoms with Gasteiger partial charge in [-0.1, -0.05) is 30.3 Å². The van der Waals surface area contributed by atoms with Crippen molar-refractivity contribution in [2.75, 3.05) is 32.2 Å². The molecule has 1 atom stereocenters. The lowest BCUT2D eigenvalue weighted by molar-refractivity contribution is 0.368. The summed E-state index contributed by atoms with van der Waals surface area (Å²) < 4.78 is 53.2. The van der Waals surface area contributed by atoms with Crippen LogP contribution in [0.3, 0.4) is 0 Å². The molecule has 3 aromatic heterocycles. The molecule has 1 fully saturated rings. The molecule has 0 N–H and O–H groups in total. The number of anilines is 1. The highest BCUT2D eigenvalue weighted by Crippen LogP contribution is 2.34. The standard InChI is InChI=1S/C24H25FN8O4S/c1-36-22-20(23(37-2)29-15-28-22)33-19(30-31-21(33)16-7-4-3-5-8-16)14-38(34,35)18-9-6-10-32(13-18)24-26-11-17(25)12-27-24/h3-5,7-8,11-12,15,18H,6,9-10,13-14H2,1-2H3/t18-/m1/s1. The normalized spacial score (nSPS) is 15.9. The lowest BCUT2D eigenvalue weighted by Crippen LogP contribution is -2.43. The fourth-order valence-electron chi connectivity index (χ4n) is 4.44. The van der Waals surface area contributed by atoms with Crippen LogP contribution in [0.15, 0.2) is 49.1 Å². The van der Waals surface area contributed by atoms with Gasteiger partial charge in [0.25, 0.3) is 0 Å². The number of methoxy groups -OCH3 is 2. The van der Waals surface area contributed by atoms with E-state index in [1.165, 1.54) is 20.5 Å². The molecular weight excluding hydrogens is 515 g/mol. The van der Waals surface area contributed by atoms with Gasteiger partial charge >= 0.3 is 0 Å². The van der Waals surface area contributed by atoms with Gasteiger partial charge in [0.05, 0.1) is 31.9 Å². The summed E-state index contributed by atoms with van der Waals surface area (Å²) in [6, 6.07) is 9.22. The van der Waals surface area contributed by atoms with Crippen molar-refractivity contribution in [1.82, 2.24) is 34.7 Å². The van der Waals surface area contributed by atoms with Gasteiger partial charge in [-0.05, 0) is 12.8 Å². The third kappa shape index (κ3) is 4.98. The second kappa shape index (κ2) is 10.7. The number of sulfone groups is 1. The Bertz CT molecular complexity index is 1490. The first-order valence-electron chi connectivity index (χ1n) is 11.8. The molecule has 0 spiro atoms. The Morgan fingerprint density at radius 3 is 2.34 bits per heavy atom. The monoisotopic (exact) mass is 540 g/mol. The summed E-state index contributed by atoms with van der Waals surface area (Å²) >= 11 is 0. The Labute approximate surface area is 218 Å². The van der Waals surface area contributed by atoms with Crippen LogP contribution in [-0.2, 0) is 15.6 Å². The van der Waals surface area contributed by atoms with Crippen LogP contribution in [0.2, 0.25) is 0 Å². The van der Waals surface area contributed by atoms with Crippen LogP contribution in [0.25, 0.3) is 17.1 Å². The van der Waals surface area contributed by atoms with E-state index in [1.54, 1.807) is 9.47 Å². The fraction of sp³-hybridized carbons (Fsp3) is 0.333. The highest BCUT2D eigenvalue weighted by molar-refractivity contribution is 7.91. The van der Waals surface area contributed by atoms with Gasteiger partial charge < -0.3 is 14.4 Å². The van der Waals surface area contributed by atoms with Crippen molar-refractivity contribution in [3.8, 4) is 28.8 Å². The maximum Gasteiger partial charge on any atom is 0.245 e. The average molecular weight is 541 g/mol. The van der Waals surface area contributed by atoms with Crippen LogP contribution < -0.4 is 14.4 Å². The highest BCUT2D eigenvalue weighted by atomic mass is 32.2. The zero-order chi connectivity index (χ0) is 26.7. The van der Waals surface area contributed by atoms with E-state index < -0.39 is 26.7 Å². The molecular formula is C24H25FN8O4S. The van der Waals surface area contributed by atoms with E-state index in [9.17, 15) is 12.8 Å². The van der Waals surface area contributed by atoms with Crippen molar-refractivity contribution in [3.05, 3.63) is 60.7 Å². The summed E-state index contributed by atoms with van der Waals surface area (Å²) in [6.45, 7) is 0.747. The summed E-state index contributed by atoms with van der Waals surface area (Å²) in [4.78, 5) is 18.1. The van der Waals surface area contributed by atoms with Crippen molar-refractivity contribution < 1.29 is 22.3 Å². The molecule has 0 bridgehead atoms. The molecule has 4 aromatic rings. The van der Waals surface area contributed by atoms with E-state index in [0.29, 0.717) is 30.8 Å². The Kier molecular flexibility index (Phi) is 7.13. The van der Waals surface area contributed by atoms with E-state index in [-0.39, 0.29) is 35.8 Å². The number of hydrogen-bond donors (Lipinski definition) is 0. The van der Waals surface area contributed by atoms with Gasteiger partial charge in [-0.15, -0.1) is 10.2 Å². The molecule has 4 heterocycles. The van der Waals surface area contributed by atoms with E-state index in [1.807, 2.05) is 30.3 Å². The van der Waals surface area contributed by atoms with Gasteiger partial charge in [-0.3, -0.25) is 4.57 Å².